The lowest BCUT2D eigenvalue weighted by atomic mass is 9.96. The third-order valence-corrected chi connectivity index (χ3v) is 28.4. The molecule has 0 radical (unpaired) electrons. The number of fused-ring (bicyclic) bond motifs is 27. The summed E-state index contributed by atoms with van der Waals surface area (Å²) in [6.45, 7) is 15.5. The van der Waals surface area contributed by atoms with Gasteiger partial charge in [-0.3, -0.25) is 0 Å². The Kier molecular flexibility index (Phi) is 17.1. The molecule has 0 aliphatic carbocycles. The maximum atomic E-state index is 5.24. The van der Waals surface area contributed by atoms with Crippen molar-refractivity contribution in [3.8, 4) is 67.2 Å². The first-order chi connectivity index (χ1) is 57.9. The topological polar surface area (TPSA) is 38.7 Å². The number of nitrogens with zero attached hydrogens (tertiary/aromatic N) is 3. The fourth-order valence-electron chi connectivity index (χ4n) is 18.8. The summed E-state index contributed by atoms with van der Waals surface area (Å²) in [5.74, 6) is 0. The van der Waals surface area contributed by atoms with Crippen LogP contribution in [0.2, 0.25) is 0 Å². The zero-order chi connectivity index (χ0) is 79.1. The monoisotopic (exact) mass is 1560 g/mol. The van der Waals surface area contributed by atoms with E-state index >= 15 is 0 Å². The Bertz CT molecular complexity index is 7870. The predicted octanol–water partition coefficient (Wildman–Crippen LogP) is 32.9. The van der Waals surface area contributed by atoms with Crippen molar-refractivity contribution in [3.63, 3.8) is 0 Å². The summed E-state index contributed by atoms with van der Waals surface area (Å²) in [5, 5.41) is 26.7. The first kappa shape index (κ1) is 71.0. The highest BCUT2D eigenvalue weighted by Gasteiger charge is 2.21. The van der Waals surface area contributed by atoms with E-state index in [1.165, 1.54) is 214 Å². The molecule has 0 saturated heterocycles. The van der Waals surface area contributed by atoms with Crippen LogP contribution < -0.4 is 0 Å². The van der Waals surface area contributed by atoms with Gasteiger partial charge in [-0.25, -0.2) is 15.0 Å². The molecule has 558 valence electrons. The number of pyridine rings is 3. The largest absolute Gasteiger partial charge is 0.247 e. The molecule has 0 amide bonds. The van der Waals surface area contributed by atoms with Crippen LogP contribution >= 0.6 is 34.0 Å². The van der Waals surface area contributed by atoms with Gasteiger partial charge in [-0.1, -0.05) is 278 Å². The highest BCUT2D eigenvalue weighted by Crippen LogP contribution is 2.48. The predicted molar refractivity (Wildman–Crippen MR) is 515 cm³/mol. The van der Waals surface area contributed by atoms with Crippen molar-refractivity contribution < 1.29 is 0 Å². The van der Waals surface area contributed by atoms with Crippen LogP contribution in [0, 0.1) is 48.5 Å². The van der Waals surface area contributed by atoms with E-state index in [9.17, 15) is 0 Å². The number of aryl methyl sites for hydroxylation is 7. The van der Waals surface area contributed by atoms with E-state index in [1.807, 2.05) is 34.0 Å². The van der Waals surface area contributed by atoms with Gasteiger partial charge in [0.1, 0.15) is 0 Å². The van der Waals surface area contributed by atoms with E-state index in [-0.39, 0.29) is 0 Å². The summed E-state index contributed by atoms with van der Waals surface area (Å²) < 4.78 is 8.25. The summed E-state index contributed by atoms with van der Waals surface area (Å²) in [6.07, 6.45) is 0. The molecule has 6 aromatic heterocycles. The Morgan fingerprint density at radius 3 is 0.737 bits per heavy atom. The lowest BCUT2D eigenvalue weighted by molar-refractivity contribution is 1.41. The van der Waals surface area contributed by atoms with Crippen LogP contribution in [0.15, 0.2) is 340 Å². The maximum absolute atomic E-state index is 5.24. The molecule has 0 fully saturated rings. The molecule has 24 rings (SSSR count). The lowest BCUT2D eigenvalue weighted by Gasteiger charge is -2.11. The molecule has 118 heavy (non-hydrogen) atoms. The molecule has 0 aliphatic heterocycles. The second-order valence-electron chi connectivity index (χ2n) is 32.0. The third-order valence-electron chi connectivity index (χ3n) is 24.2. The fraction of sp³-hybridized carbons (Fsp3) is 0.0625. The Hall–Kier alpha value is -13.6. The Morgan fingerprint density at radius 1 is 0.161 bits per heavy atom. The highest BCUT2D eigenvalue weighted by atomic mass is 32.1. The van der Waals surface area contributed by atoms with Crippen molar-refractivity contribution in [1.29, 1.82) is 0 Å². The summed E-state index contributed by atoms with van der Waals surface area (Å²) >= 11 is 5.74. The van der Waals surface area contributed by atoms with Crippen LogP contribution in [0.4, 0.5) is 0 Å². The average molecular weight is 1560 g/mol. The molecule has 0 spiro atoms. The van der Waals surface area contributed by atoms with Gasteiger partial charge in [-0.05, 0) is 231 Å². The van der Waals surface area contributed by atoms with Crippen LogP contribution in [0.25, 0.3) is 225 Å². The van der Waals surface area contributed by atoms with Crippen molar-refractivity contribution in [2.45, 2.75) is 48.5 Å². The number of hydrogen-bond donors (Lipinski definition) is 0. The van der Waals surface area contributed by atoms with Crippen LogP contribution in [-0.2, 0) is 0 Å². The van der Waals surface area contributed by atoms with Gasteiger partial charge in [0.15, 0.2) is 0 Å². The van der Waals surface area contributed by atoms with Gasteiger partial charge >= 0.3 is 0 Å². The molecule has 0 atom stereocenters. The Morgan fingerprint density at radius 2 is 0.398 bits per heavy atom. The molecule has 6 heteroatoms. The Labute approximate surface area is 695 Å². The minimum atomic E-state index is 1.00. The van der Waals surface area contributed by atoms with Crippen molar-refractivity contribution in [2.24, 2.45) is 0 Å². The molecule has 18 aromatic carbocycles. The maximum Gasteiger partial charge on any atom is 0.0794 e. The van der Waals surface area contributed by atoms with Crippen LogP contribution in [0.5, 0.6) is 0 Å². The van der Waals surface area contributed by atoms with Crippen LogP contribution in [0.3, 0.4) is 0 Å². The number of rotatable bonds is 6. The van der Waals surface area contributed by atoms with Crippen LogP contribution in [-0.4, -0.2) is 15.0 Å². The van der Waals surface area contributed by atoms with Gasteiger partial charge in [0.05, 0.1) is 33.6 Å². The number of thiophene rings is 3. The molecule has 24 aromatic rings. The fourth-order valence-corrected chi connectivity index (χ4v) is 22.6. The number of hydrogen-bond acceptors (Lipinski definition) is 6. The van der Waals surface area contributed by atoms with Gasteiger partial charge < -0.3 is 0 Å². The highest BCUT2D eigenvalue weighted by molar-refractivity contribution is 7.27. The molecule has 3 nitrogen and oxygen atoms in total. The summed E-state index contributed by atoms with van der Waals surface area (Å²) in [6, 6.07) is 124. The van der Waals surface area contributed by atoms with Gasteiger partial charge in [0.2, 0.25) is 0 Å². The minimum Gasteiger partial charge on any atom is -0.247 e. The zero-order valence-corrected chi connectivity index (χ0v) is 68.8. The molecule has 0 bridgehead atoms. The average Bonchev–Trinajstić information content (AvgIpc) is 1.63. The lowest BCUT2D eigenvalue weighted by Crippen LogP contribution is -1.89. The summed E-state index contributed by atoms with van der Waals surface area (Å²) in [7, 11) is 0. The second kappa shape index (κ2) is 28.4. The zero-order valence-electron chi connectivity index (χ0n) is 66.4. The first-order valence-corrected chi connectivity index (χ1v) is 43.0. The van der Waals surface area contributed by atoms with E-state index in [0.29, 0.717) is 0 Å². The van der Waals surface area contributed by atoms with Gasteiger partial charge in [0.25, 0.3) is 0 Å². The molecular formula is C112H77N3S3. The van der Waals surface area contributed by atoms with Crippen molar-refractivity contribution >= 4 is 192 Å². The van der Waals surface area contributed by atoms with Crippen molar-refractivity contribution in [3.05, 3.63) is 379 Å². The minimum absolute atomic E-state index is 1.00. The normalized spacial score (nSPS) is 11.9. The smallest absolute Gasteiger partial charge is 0.0794 e. The molecule has 0 aliphatic rings. The SMILES string of the molecule is Cc1cc(C)c2sc3c(-c4ccc(-c5ccc6c7ccccc7c7ccccc7c6n5)cc4)cc(C)cc3c2c1.Cc1cc(C)c2sc3c(-c4ccc(-c5ccc6c7ccccc7c7ccccc7c6n5)cc4)cc(C)cc3c2c1.Cc1cccc2c1sc1c(-c3ccc(-c4ccc5c6ccccc6c6ccccc6c5n4)cc3)cccc12. The molecule has 0 saturated carbocycles. The molecule has 6 heterocycles. The molecule has 0 unspecified atom stereocenters. The Balaban J connectivity index is 0.000000107. The quantitative estimate of drug-likeness (QED) is 0.156. The standard InChI is InChI=1S/2C38H27NS.C36H23NS/c2*1-22-18-24(3)37-33(20-22)34-21-23(2)19-32(38(34)40-37)25-12-14-26(15-13-25)35-17-16-31-29-10-5-4-8-27(29)28-9-6-7-11-30(28)36(31)39-35;1-22-8-6-14-31-32-15-7-13-25(36(32)38-35(22)31)23-16-18-24(19-17-23)33-21-20-30-28-11-3-2-9-26(28)27-10-4-5-12-29(27)34(30)37-33/h2*4-21H,1-3H3;2-21H,1H3. The van der Waals surface area contributed by atoms with E-state index in [0.717, 1.165) is 50.3 Å². The van der Waals surface area contributed by atoms with E-state index in [4.69, 9.17) is 15.0 Å². The van der Waals surface area contributed by atoms with E-state index in [1.54, 1.807) is 0 Å². The number of benzene rings is 18. The van der Waals surface area contributed by atoms with Crippen molar-refractivity contribution in [1.82, 2.24) is 15.0 Å². The first-order valence-electron chi connectivity index (χ1n) is 40.6. The second-order valence-corrected chi connectivity index (χ2v) is 35.1. The third kappa shape index (κ3) is 11.9. The summed E-state index contributed by atoms with van der Waals surface area (Å²) in [4.78, 5) is 15.7. The van der Waals surface area contributed by atoms with E-state index < -0.39 is 0 Å². The van der Waals surface area contributed by atoms with Gasteiger partial charge in [-0.15, -0.1) is 34.0 Å². The van der Waals surface area contributed by atoms with Crippen LogP contribution in [0.1, 0.15) is 38.9 Å². The molecule has 0 N–H and O–H groups in total. The molecular weight excluding hydrogens is 1480 g/mol. The van der Waals surface area contributed by atoms with Gasteiger partial charge in [-0.2, -0.15) is 0 Å². The van der Waals surface area contributed by atoms with Crippen molar-refractivity contribution in [2.75, 3.05) is 0 Å². The summed E-state index contributed by atoms with van der Waals surface area (Å²) in [5.41, 5.74) is 26.5. The van der Waals surface area contributed by atoms with E-state index in [2.05, 4.69) is 388 Å². The van der Waals surface area contributed by atoms with Gasteiger partial charge in [0, 0.05) is 110 Å². The number of aromatic nitrogens is 3.